The Morgan fingerprint density at radius 2 is 2.19 bits per heavy atom. The molecule has 8 heteroatoms. The number of aromatic nitrogens is 2. The first kappa shape index (κ1) is 22.0. The predicted molar refractivity (Wildman–Crippen MR) is 123 cm³/mol. The van der Waals surface area contributed by atoms with Gasteiger partial charge in [-0.3, -0.25) is 4.79 Å². The van der Waals surface area contributed by atoms with E-state index in [2.05, 4.69) is 34.8 Å². The largest absolute Gasteiger partial charge is 0.376 e. The molecule has 2 atom stereocenters. The van der Waals surface area contributed by atoms with Crippen molar-refractivity contribution in [1.82, 2.24) is 15.3 Å². The van der Waals surface area contributed by atoms with Crippen LogP contribution in [0.1, 0.15) is 33.1 Å². The van der Waals surface area contributed by atoms with Gasteiger partial charge in [-0.25, -0.2) is 9.97 Å². The topological polar surface area (TPSA) is 88.2 Å². The number of amides is 1. The molecule has 2 aliphatic rings. The van der Waals surface area contributed by atoms with Crippen molar-refractivity contribution in [2.24, 2.45) is 11.8 Å². The second-order valence-corrected chi connectivity index (χ2v) is 9.39. The molecule has 4 heterocycles. The molecular formula is C23H30ClN5O2. The predicted octanol–water partition coefficient (Wildman–Crippen LogP) is 3.96. The van der Waals surface area contributed by atoms with E-state index in [0.717, 1.165) is 56.0 Å². The van der Waals surface area contributed by atoms with E-state index in [1.54, 1.807) is 12.3 Å². The lowest BCUT2D eigenvalue weighted by Crippen LogP contribution is -2.36. The van der Waals surface area contributed by atoms with Gasteiger partial charge in [0.05, 0.1) is 22.2 Å². The molecule has 1 amide bonds. The second kappa shape index (κ2) is 9.51. The molecule has 2 aliphatic heterocycles. The standard InChI is InChI=1S/C23H30ClN5O2/c1-23(2)11-15(7-9-31-23)12-26-20-5-3-4-19(28-20)17-10-21(27-14-18(17)24)29-22(30)16-6-8-25-13-16/h3-5,10,14-16,25H,6-9,11-13H2,1-2H3,(H,26,28)(H,27,29,30)/t15-,16-/m1/s1. The number of halogens is 1. The van der Waals surface area contributed by atoms with Crippen molar-refractivity contribution >= 4 is 29.1 Å². The summed E-state index contributed by atoms with van der Waals surface area (Å²) in [4.78, 5) is 21.4. The molecule has 0 aliphatic carbocycles. The minimum absolute atomic E-state index is 0.0199. The van der Waals surface area contributed by atoms with Crippen LogP contribution in [0.25, 0.3) is 11.3 Å². The quantitative estimate of drug-likeness (QED) is 0.626. The van der Waals surface area contributed by atoms with E-state index in [-0.39, 0.29) is 17.4 Å². The van der Waals surface area contributed by atoms with E-state index in [1.165, 1.54) is 0 Å². The second-order valence-electron chi connectivity index (χ2n) is 8.98. The molecule has 3 N–H and O–H groups in total. The number of rotatable bonds is 6. The van der Waals surface area contributed by atoms with Gasteiger partial charge < -0.3 is 20.7 Å². The van der Waals surface area contributed by atoms with Crippen LogP contribution in [-0.2, 0) is 9.53 Å². The van der Waals surface area contributed by atoms with Crippen LogP contribution in [0, 0.1) is 11.8 Å². The summed E-state index contributed by atoms with van der Waals surface area (Å²) in [6.07, 6.45) is 4.47. The summed E-state index contributed by atoms with van der Waals surface area (Å²) in [6, 6.07) is 7.61. The average Bonchev–Trinajstić information content (AvgIpc) is 3.28. The van der Waals surface area contributed by atoms with Gasteiger partial charge >= 0.3 is 0 Å². The van der Waals surface area contributed by atoms with Gasteiger partial charge in [0.2, 0.25) is 5.91 Å². The van der Waals surface area contributed by atoms with Crippen LogP contribution in [0.5, 0.6) is 0 Å². The monoisotopic (exact) mass is 443 g/mol. The van der Waals surface area contributed by atoms with Crippen LogP contribution in [0.15, 0.2) is 30.5 Å². The van der Waals surface area contributed by atoms with E-state index in [1.807, 2.05) is 18.2 Å². The zero-order valence-corrected chi connectivity index (χ0v) is 18.8. The lowest BCUT2D eigenvalue weighted by molar-refractivity contribution is -0.119. The van der Waals surface area contributed by atoms with Gasteiger partial charge in [0, 0.05) is 31.5 Å². The van der Waals surface area contributed by atoms with E-state index in [0.29, 0.717) is 23.3 Å². The molecule has 166 valence electrons. The van der Waals surface area contributed by atoms with Crippen LogP contribution < -0.4 is 16.0 Å². The summed E-state index contributed by atoms with van der Waals surface area (Å²) in [5, 5.41) is 10.1. The molecule has 2 saturated heterocycles. The number of nitrogens with zero attached hydrogens (tertiary/aromatic N) is 2. The Balaban J connectivity index is 1.44. The number of pyridine rings is 2. The molecule has 0 aromatic carbocycles. The molecule has 2 aromatic heterocycles. The molecule has 0 unspecified atom stereocenters. The fraction of sp³-hybridized carbons (Fsp3) is 0.522. The van der Waals surface area contributed by atoms with Crippen molar-refractivity contribution in [3.05, 3.63) is 35.5 Å². The van der Waals surface area contributed by atoms with Crippen LogP contribution in [0.2, 0.25) is 5.02 Å². The molecule has 2 fully saturated rings. The summed E-state index contributed by atoms with van der Waals surface area (Å²) < 4.78 is 5.81. The Morgan fingerprint density at radius 1 is 1.32 bits per heavy atom. The van der Waals surface area contributed by atoms with E-state index >= 15 is 0 Å². The third-order valence-electron chi connectivity index (χ3n) is 5.93. The molecule has 0 bridgehead atoms. The average molecular weight is 444 g/mol. The molecule has 7 nitrogen and oxygen atoms in total. The van der Waals surface area contributed by atoms with Gasteiger partial charge in [0.1, 0.15) is 11.6 Å². The van der Waals surface area contributed by atoms with Gasteiger partial charge in [-0.05, 0) is 63.8 Å². The smallest absolute Gasteiger partial charge is 0.229 e. The summed E-state index contributed by atoms with van der Waals surface area (Å²) in [5.74, 6) is 1.79. The van der Waals surface area contributed by atoms with Crippen molar-refractivity contribution in [3.63, 3.8) is 0 Å². The highest BCUT2D eigenvalue weighted by Gasteiger charge is 2.28. The van der Waals surface area contributed by atoms with Crippen LogP contribution >= 0.6 is 11.6 Å². The van der Waals surface area contributed by atoms with Crippen LogP contribution in [0.3, 0.4) is 0 Å². The van der Waals surface area contributed by atoms with Gasteiger partial charge in [-0.15, -0.1) is 0 Å². The summed E-state index contributed by atoms with van der Waals surface area (Å²) in [5.41, 5.74) is 1.41. The molecule has 0 spiro atoms. The lowest BCUT2D eigenvalue weighted by Gasteiger charge is -2.35. The van der Waals surface area contributed by atoms with Crippen LogP contribution in [0.4, 0.5) is 11.6 Å². The zero-order chi connectivity index (χ0) is 21.8. The molecule has 0 radical (unpaired) electrons. The van der Waals surface area contributed by atoms with Gasteiger partial charge in [-0.2, -0.15) is 0 Å². The molecule has 0 saturated carbocycles. The minimum Gasteiger partial charge on any atom is -0.376 e. The molecule has 31 heavy (non-hydrogen) atoms. The first-order chi connectivity index (χ1) is 14.9. The zero-order valence-electron chi connectivity index (χ0n) is 18.1. The fourth-order valence-corrected chi connectivity index (χ4v) is 4.47. The maximum atomic E-state index is 12.4. The molecule has 4 rings (SSSR count). The van der Waals surface area contributed by atoms with E-state index in [9.17, 15) is 4.79 Å². The first-order valence-corrected chi connectivity index (χ1v) is 11.3. The number of carbonyl (C=O) groups is 1. The first-order valence-electron chi connectivity index (χ1n) is 10.9. The summed E-state index contributed by atoms with van der Waals surface area (Å²) >= 11 is 6.42. The van der Waals surface area contributed by atoms with Crippen molar-refractivity contribution in [1.29, 1.82) is 0 Å². The normalized spacial score (nSPS) is 22.8. The molecule has 2 aromatic rings. The Kier molecular flexibility index (Phi) is 6.74. The SMILES string of the molecule is CC1(C)C[C@H](CNc2cccc(-c3cc(NC(=O)[C@@H]4CCNC4)ncc3Cl)n2)CCO1. The number of hydrogen-bond acceptors (Lipinski definition) is 6. The lowest BCUT2D eigenvalue weighted by atomic mass is 9.88. The van der Waals surface area contributed by atoms with Crippen molar-refractivity contribution in [2.45, 2.75) is 38.7 Å². The minimum atomic E-state index is -0.0696. The van der Waals surface area contributed by atoms with Crippen LogP contribution in [-0.4, -0.2) is 47.7 Å². The Hall–Kier alpha value is -2.22. The van der Waals surface area contributed by atoms with Crippen molar-refractivity contribution < 1.29 is 9.53 Å². The summed E-state index contributed by atoms with van der Waals surface area (Å²) in [6.45, 7) is 7.50. The Bertz CT molecular complexity index is 930. The highest BCUT2D eigenvalue weighted by molar-refractivity contribution is 6.33. The number of anilines is 2. The fourth-order valence-electron chi connectivity index (χ4n) is 4.27. The third kappa shape index (κ3) is 5.73. The highest BCUT2D eigenvalue weighted by atomic mass is 35.5. The Morgan fingerprint density at radius 3 is 2.97 bits per heavy atom. The number of ether oxygens (including phenoxy) is 1. The number of nitrogens with one attached hydrogen (secondary N) is 3. The van der Waals surface area contributed by atoms with Gasteiger partial charge in [0.15, 0.2) is 0 Å². The van der Waals surface area contributed by atoms with Crippen molar-refractivity contribution in [2.75, 3.05) is 36.9 Å². The van der Waals surface area contributed by atoms with Crippen molar-refractivity contribution in [3.8, 4) is 11.3 Å². The van der Waals surface area contributed by atoms with E-state index < -0.39 is 0 Å². The Labute approximate surface area is 188 Å². The highest BCUT2D eigenvalue weighted by Crippen LogP contribution is 2.30. The molecular weight excluding hydrogens is 414 g/mol. The summed E-state index contributed by atoms with van der Waals surface area (Å²) in [7, 11) is 0. The number of carbonyl (C=O) groups excluding carboxylic acids is 1. The van der Waals surface area contributed by atoms with E-state index in [4.69, 9.17) is 21.3 Å². The number of hydrogen-bond donors (Lipinski definition) is 3. The maximum absolute atomic E-state index is 12.4. The third-order valence-corrected chi connectivity index (χ3v) is 6.23. The maximum Gasteiger partial charge on any atom is 0.229 e. The van der Waals surface area contributed by atoms with Gasteiger partial charge in [0.25, 0.3) is 0 Å². The van der Waals surface area contributed by atoms with Gasteiger partial charge in [-0.1, -0.05) is 17.7 Å².